The monoisotopic (exact) mass is 476 g/mol. The Morgan fingerprint density at radius 1 is 1.14 bits per heavy atom. The van der Waals surface area contributed by atoms with Crippen molar-refractivity contribution in [3.63, 3.8) is 0 Å². The number of hydrogen-bond donors (Lipinski definition) is 1. The summed E-state index contributed by atoms with van der Waals surface area (Å²) in [6.45, 7) is 8.62. The van der Waals surface area contributed by atoms with Gasteiger partial charge in [-0.05, 0) is 79.8 Å². The fourth-order valence-corrected chi connectivity index (χ4v) is 5.47. The molecule has 0 bridgehead atoms. The van der Waals surface area contributed by atoms with E-state index in [0.717, 1.165) is 48.8 Å². The van der Waals surface area contributed by atoms with Crippen molar-refractivity contribution in [1.82, 2.24) is 19.4 Å². The average Bonchev–Trinajstić information content (AvgIpc) is 3.66. The maximum Gasteiger partial charge on any atom is 0.161 e. The maximum atomic E-state index is 9.14. The van der Waals surface area contributed by atoms with E-state index >= 15 is 0 Å². The van der Waals surface area contributed by atoms with E-state index in [0.29, 0.717) is 17.5 Å². The van der Waals surface area contributed by atoms with Crippen molar-refractivity contribution in [2.75, 3.05) is 24.5 Å². The number of fused-ring (bicyclic) bond motifs is 5. The summed E-state index contributed by atoms with van der Waals surface area (Å²) in [5.41, 5.74) is 7.84. The molecule has 0 saturated carbocycles. The molecule has 2 aliphatic heterocycles. The third kappa shape index (κ3) is 4.10. The Bertz CT molecular complexity index is 1420. The van der Waals surface area contributed by atoms with E-state index in [9.17, 15) is 0 Å². The van der Waals surface area contributed by atoms with Gasteiger partial charge >= 0.3 is 0 Å². The summed E-state index contributed by atoms with van der Waals surface area (Å²) in [7, 11) is 0. The van der Waals surface area contributed by atoms with Gasteiger partial charge in [-0.3, -0.25) is 4.57 Å². The van der Waals surface area contributed by atoms with Crippen LogP contribution < -0.4 is 10.2 Å². The summed E-state index contributed by atoms with van der Waals surface area (Å²) in [4.78, 5) is 7.27. The standard InChI is InChI=1S/C30H32N6/c1-3-21(2)33-17-23-10-12-34(18-23)27-8-9-28-26(14-27)20-35-19-25(24-6-4-22(16-31)5-7-24)15-29(35)30-32-11-13-36(28)30/h4-9,11,13-15,19,21,23,33H,3,10,12,17-18,20H2,1-2H3/t21-,23-/m1/s1. The zero-order chi connectivity index (χ0) is 24.6. The molecular weight excluding hydrogens is 444 g/mol. The summed E-state index contributed by atoms with van der Waals surface area (Å²) in [5, 5.41) is 12.8. The van der Waals surface area contributed by atoms with Gasteiger partial charge < -0.3 is 14.8 Å². The van der Waals surface area contributed by atoms with Gasteiger partial charge in [0.05, 0.1) is 23.0 Å². The quantitative estimate of drug-likeness (QED) is 0.354. The normalized spacial score (nSPS) is 17.1. The molecule has 182 valence electrons. The molecule has 0 radical (unpaired) electrons. The van der Waals surface area contributed by atoms with Crippen molar-refractivity contribution < 1.29 is 0 Å². The molecule has 0 unspecified atom stereocenters. The van der Waals surface area contributed by atoms with Crippen LogP contribution in [-0.4, -0.2) is 39.8 Å². The number of nitrogens with one attached hydrogen (secondary N) is 1. The molecule has 4 heterocycles. The Morgan fingerprint density at radius 2 is 2.00 bits per heavy atom. The largest absolute Gasteiger partial charge is 0.371 e. The second-order valence-electron chi connectivity index (χ2n) is 10.2. The highest BCUT2D eigenvalue weighted by molar-refractivity contribution is 5.72. The molecule has 2 aliphatic rings. The molecule has 1 N–H and O–H groups in total. The van der Waals surface area contributed by atoms with Crippen LogP contribution in [-0.2, 0) is 6.54 Å². The first-order valence-electron chi connectivity index (χ1n) is 13.0. The molecule has 36 heavy (non-hydrogen) atoms. The molecule has 6 nitrogen and oxygen atoms in total. The van der Waals surface area contributed by atoms with Gasteiger partial charge in [0.2, 0.25) is 0 Å². The van der Waals surface area contributed by atoms with Crippen LogP contribution in [0.15, 0.2) is 67.1 Å². The van der Waals surface area contributed by atoms with E-state index in [4.69, 9.17) is 10.2 Å². The van der Waals surface area contributed by atoms with Crippen LogP contribution in [0.25, 0.3) is 28.3 Å². The van der Waals surface area contributed by atoms with E-state index in [-0.39, 0.29) is 0 Å². The van der Waals surface area contributed by atoms with Gasteiger partial charge in [0.1, 0.15) is 0 Å². The van der Waals surface area contributed by atoms with Crippen LogP contribution in [0, 0.1) is 17.2 Å². The van der Waals surface area contributed by atoms with E-state index in [1.165, 1.54) is 29.8 Å². The van der Waals surface area contributed by atoms with Gasteiger partial charge in [-0.25, -0.2) is 4.98 Å². The lowest BCUT2D eigenvalue weighted by Crippen LogP contribution is -2.32. The average molecular weight is 477 g/mol. The molecule has 1 fully saturated rings. The van der Waals surface area contributed by atoms with Crippen LogP contribution in [0.2, 0.25) is 0 Å². The fourth-order valence-electron chi connectivity index (χ4n) is 5.47. The van der Waals surface area contributed by atoms with Gasteiger partial charge in [-0.15, -0.1) is 0 Å². The summed E-state index contributed by atoms with van der Waals surface area (Å²) in [5.74, 6) is 1.66. The summed E-state index contributed by atoms with van der Waals surface area (Å²) in [6, 6.07) is 19.7. The highest BCUT2D eigenvalue weighted by atomic mass is 15.2. The van der Waals surface area contributed by atoms with Crippen molar-refractivity contribution in [3.8, 4) is 34.4 Å². The molecule has 2 aromatic carbocycles. The zero-order valence-corrected chi connectivity index (χ0v) is 21.0. The predicted octanol–water partition coefficient (Wildman–Crippen LogP) is 5.46. The number of benzene rings is 2. The van der Waals surface area contributed by atoms with Crippen LogP contribution in [0.4, 0.5) is 5.69 Å². The predicted molar refractivity (Wildman–Crippen MR) is 144 cm³/mol. The molecular formula is C30H32N6. The first-order valence-corrected chi connectivity index (χ1v) is 13.0. The lowest BCUT2D eigenvalue weighted by Gasteiger charge is -2.22. The molecule has 0 amide bonds. The molecule has 0 aliphatic carbocycles. The van der Waals surface area contributed by atoms with Crippen LogP contribution in [0.1, 0.15) is 37.8 Å². The number of nitriles is 1. The van der Waals surface area contributed by atoms with Crippen molar-refractivity contribution >= 4 is 5.69 Å². The third-order valence-electron chi connectivity index (χ3n) is 7.80. The van der Waals surface area contributed by atoms with Gasteiger partial charge in [-0.1, -0.05) is 19.1 Å². The molecule has 0 spiro atoms. The molecule has 4 aromatic rings. The van der Waals surface area contributed by atoms with Crippen molar-refractivity contribution in [3.05, 3.63) is 78.2 Å². The summed E-state index contributed by atoms with van der Waals surface area (Å²) in [6.07, 6.45) is 8.56. The van der Waals surface area contributed by atoms with Crippen LogP contribution in [0.3, 0.4) is 0 Å². The lowest BCUT2D eigenvalue weighted by molar-refractivity contribution is 0.456. The maximum absolute atomic E-state index is 9.14. The van der Waals surface area contributed by atoms with Crippen LogP contribution >= 0.6 is 0 Å². The van der Waals surface area contributed by atoms with Crippen molar-refractivity contribution in [2.45, 2.75) is 39.3 Å². The third-order valence-corrected chi connectivity index (χ3v) is 7.80. The summed E-state index contributed by atoms with van der Waals surface area (Å²) < 4.78 is 4.52. The number of imidazole rings is 1. The van der Waals surface area contributed by atoms with Crippen molar-refractivity contribution in [2.24, 2.45) is 5.92 Å². The molecule has 2 aromatic heterocycles. The first kappa shape index (κ1) is 22.6. The van der Waals surface area contributed by atoms with Gasteiger partial charge in [0.25, 0.3) is 0 Å². The Kier molecular flexibility index (Phi) is 5.86. The second kappa shape index (κ2) is 9.33. The minimum absolute atomic E-state index is 0.584. The second-order valence-corrected chi connectivity index (χ2v) is 10.2. The molecule has 6 rings (SSSR count). The smallest absolute Gasteiger partial charge is 0.161 e. The number of nitrogens with zero attached hydrogens (tertiary/aromatic N) is 5. The van der Waals surface area contributed by atoms with Gasteiger partial charge in [0.15, 0.2) is 5.82 Å². The highest BCUT2D eigenvalue weighted by Gasteiger charge is 2.25. The topological polar surface area (TPSA) is 61.8 Å². The fraction of sp³-hybridized carbons (Fsp3) is 0.333. The Morgan fingerprint density at radius 3 is 2.81 bits per heavy atom. The SMILES string of the molecule is CC[C@@H](C)NC[C@H]1CCN(c2ccc3c(c2)Cn2cc(-c4ccc(C#N)cc4)cc2-c2nccn2-3)C1. The molecule has 1 saturated heterocycles. The Hall–Kier alpha value is -3.82. The minimum Gasteiger partial charge on any atom is -0.371 e. The van der Waals surface area contributed by atoms with Gasteiger partial charge in [0, 0.05) is 55.5 Å². The van der Waals surface area contributed by atoms with E-state index < -0.39 is 0 Å². The Labute approximate surface area is 212 Å². The number of aromatic nitrogens is 3. The number of rotatable bonds is 6. The number of anilines is 1. The number of hydrogen-bond acceptors (Lipinski definition) is 4. The first-order chi connectivity index (χ1) is 17.6. The Balaban J connectivity index is 1.30. The van der Waals surface area contributed by atoms with E-state index in [1.807, 2.05) is 30.5 Å². The zero-order valence-electron chi connectivity index (χ0n) is 21.0. The lowest BCUT2D eigenvalue weighted by atomic mass is 10.1. The summed E-state index contributed by atoms with van der Waals surface area (Å²) >= 11 is 0. The van der Waals surface area contributed by atoms with Crippen LogP contribution in [0.5, 0.6) is 0 Å². The molecule has 2 atom stereocenters. The minimum atomic E-state index is 0.584. The highest BCUT2D eigenvalue weighted by Crippen LogP contribution is 2.36. The van der Waals surface area contributed by atoms with E-state index in [1.54, 1.807) is 0 Å². The van der Waals surface area contributed by atoms with Crippen molar-refractivity contribution in [1.29, 1.82) is 5.26 Å². The molecule has 6 heteroatoms. The van der Waals surface area contributed by atoms with E-state index in [2.05, 4.69) is 75.9 Å². The van der Waals surface area contributed by atoms with Gasteiger partial charge in [-0.2, -0.15) is 5.26 Å².